The minimum Gasteiger partial charge on any atom is -0.399 e. The lowest BCUT2D eigenvalue weighted by Gasteiger charge is -2.20. The molecule has 0 spiro atoms. The Hall–Kier alpha value is -3.37. The van der Waals surface area contributed by atoms with E-state index in [1.165, 1.54) is 6.07 Å². The van der Waals surface area contributed by atoms with Crippen molar-refractivity contribution in [1.29, 1.82) is 0 Å². The number of nitrogen functional groups attached to an aromatic ring is 1. The van der Waals surface area contributed by atoms with Crippen LogP contribution in [0.4, 0.5) is 24.7 Å². The lowest BCUT2D eigenvalue weighted by atomic mass is 10.0. The highest BCUT2D eigenvalue weighted by molar-refractivity contribution is 5.85. The topological polar surface area (TPSA) is 101 Å². The lowest BCUT2D eigenvalue weighted by molar-refractivity contribution is -0.138. The van der Waals surface area contributed by atoms with E-state index in [2.05, 4.69) is 20.5 Å². The van der Waals surface area contributed by atoms with E-state index in [1.807, 2.05) is 18.2 Å². The van der Waals surface area contributed by atoms with Crippen molar-refractivity contribution in [3.8, 4) is 0 Å². The van der Waals surface area contributed by atoms with E-state index < -0.39 is 17.8 Å². The first-order valence-corrected chi connectivity index (χ1v) is 10.7. The van der Waals surface area contributed by atoms with Gasteiger partial charge in [-0.2, -0.15) is 18.2 Å². The average molecular weight is 459 g/mol. The maximum absolute atomic E-state index is 13.3. The second-order valence-corrected chi connectivity index (χ2v) is 9.24. The molecule has 2 aliphatic rings. The van der Waals surface area contributed by atoms with Crippen molar-refractivity contribution >= 4 is 23.2 Å². The van der Waals surface area contributed by atoms with Crippen molar-refractivity contribution < 1.29 is 18.0 Å². The van der Waals surface area contributed by atoms with Gasteiger partial charge >= 0.3 is 6.18 Å². The number of nitrogens with zero attached hydrogens (tertiary/aromatic N) is 5. The number of anilines is 2. The molecule has 2 aromatic heterocycles. The first-order chi connectivity index (χ1) is 15.5. The molecule has 1 saturated carbocycles. The van der Waals surface area contributed by atoms with Crippen LogP contribution in [0, 0.1) is 12.3 Å². The predicted molar refractivity (Wildman–Crippen MR) is 115 cm³/mol. The number of carbonyl (C=O) groups excluding carboxylic acids is 1. The summed E-state index contributed by atoms with van der Waals surface area (Å²) in [6.45, 7) is 6.29. The summed E-state index contributed by atoms with van der Waals surface area (Å²) in [6.07, 6.45) is -2.75. The van der Waals surface area contributed by atoms with Gasteiger partial charge in [-0.25, -0.2) is 0 Å². The third kappa shape index (κ3) is 3.65. The molecular weight excluding hydrogens is 435 g/mol. The summed E-state index contributed by atoms with van der Waals surface area (Å²) in [4.78, 5) is 19.4. The zero-order valence-corrected chi connectivity index (χ0v) is 18.5. The van der Waals surface area contributed by atoms with Crippen LogP contribution < -0.4 is 11.1 Å². The van der Waals surface area contributed by atoms with Gasteiger partial charge in [0.05, 0.1) is 30.4 Å². The summed E-state index contributed by atoms with van der Waals surface area (Å²) in [5.41, 5.74) is 6.72. The Bertz CT molecular complexity index is 1280. The molecule has 1 aliphatic carbocycles. The molecule has 1 aromatic carbocycles. The summed E-state index contributed by atoms with van der Waals surface area (Å²) < 4.78 is 41.6. The largest absolute Gasteiger partial charge is 0.416 e. The highest BCUT2D eigenvalue weighted by Gasteiger charge is 2.48. The van der Waals surface area contributed by atoms with Gasteiger partial charge in [-0.15, -0.1) is 10.2 Å². The van der Waals surface area contributed by atoms with Crippen LogP contribution in [0.1, 0.15) is 60.9 Å². The Morgan fingerprint density at radius 2 is 1.94 bits per heavy atom. The maximum Gasteiger partial charge on any atom is 0.416 e. The quantitative estimate of drug-likeness (QED) is 0.575. The second kappa shape index (κ2) is 7.06. The van der Waals surface area contributed by atoms with Gasteiger partial charge in [0, 0.05) is 16.7 Å². The number of rotatable bonds is 4. The van der Waals surface area contributed by atoms with Crippen LogP contribution in [-0.4, -0.2) is 30.4 Å². The number of fused-ring (bicyclic) bond motifs is 3. The van der Waals surface area contributed by atoms with Crippen molar-refractivity contribution in [1.82, 2.24) is 24.5 Å². The molecule has 1 aliphatic heterocycles. The van der Waals surface area contributed by atoms with Crippen LogP contribution in [0.5, 0.6) is 0 Å². The summed E-state index contributed by atoms with van der Waals surface area (Å²) in [5, 5.41) is 11.5. The Morgan fingerprint density at radius 3 is 2.61 bits per heavy atom. The van der Waals surface area contributed by atoms with E-state index in [4.69, 9.17) is 5.73 Å². The number of hydrogen-bond acceptors (Lipinski definition) is 6. The van der Waals surface area contributed by atoms with Crippen molar-refractivity contribution in [2.24, 2.45) is 5.41 Å². The van der Waals surface area contributed by atoms with E-state index >= 15 is 0 Å². The number of carbonyl (C=O) groups is 1. The van der Waals surface area contributed by atoms with Crippen LogP contribution in [-0.2, 0) is 24.1 Å². The number of benzene rings is 1. The van der Waals surface area contributed by atoms with E-state index in [1.54, 1.807) is 11.8 Å². The fraction of sp³-hybridized carbons (Fsp3) is 0.455. The highest BCUT2D eigenvalue weighted by Crippen LogP contribution is 2.48. The van der Waals surface area contributed by atoms with Gasteiger partial charge in [-0.3, -0.25) is 9.20 Å². The molecule has 3 aromatic rings. The molecule has 3 N–H and O–H groups in total. The lowest BCUT2D eigenvalue weighted by Crippen LogP contribution is -2.31. The van der Waals surface area contributed by atoms with Crippen LogP contribution in [0.2, 0.25) is 0 Å². The highest BCUT2D eigenvalue weighted by atomic mass is 19.4. The zero-order valence-electron chi connectivity index (χ0n) is 18.5. The summed E-state index contributed by atoms with van der Waals surface area (Å²) in [7, 11) is 0. The molecule has 0 bridgehead atoms. The molecule has 0 radical (unpaired) electrons. The molecule has 1 atom stereocenters. The Balaban J connectivity index is 1.51. The Labute approximate surface area is 188 Å². The normalized spacial score (nSPS) is 17.8. The van der Waals surface area contributed by atoms with Gasteiger partial charge in [-0.05, 0) is 50.5 Å². The van der Waals surface area contributed by atoms with Crippen molar-refractivity contribution in [3.63, 3.8) is 0 Å². The third-order valence-corrected chi connectivity index (χ3v) is 6.58. The van der Waals surface area contributed by atoms with Gasteiger partial charge in [0.2, 0.25) is 5.91 Å². The van der Waals surface area contributed by atoms with Crippen molar-refractivity contribution in [2.75, 3.05) is 11.1 Å². The average Bonchev–Trinajstić information content (AvgIpc) is 3.17. The minimum absolute atomic E-state index is 0.0321. The molecule has 8 nitrogen and oxygen atoms in total. The smallest absolute Gasteiger partial charge is 0.399 e. The minimum atomic E-state index is -4.50. The molecule has 33 heavy (non-hydrogen) atoms. The van der Waals surface area contributed by atoms with E-state index in [-0.39, 0.29) is 17.0 Å². The predicted octanol–water partition coefficient (Wildman–Crippen LogP) is 3.85. The van der Waals surface area contributed by atoms with Crippen LogP contribution in [0.25, 0.3) is 5.78 Å². The summed E-state index contributed by atoms with van der Waals surface area (Å²) in [6, 6.07) is 2.98. The Morgan fingerprint density at radius 1 is 1.21 bits per heavy atom. The van der Waals surface area contributed by atoms with Gasteiger partial charge in [0.25, 0.3) is 5.78 Å². The monoisotopic (exact) mass is 459 g/mol. The number of halogens is 3. The van der Waals surface area contributed by atoms with Crippen LogP contribution >= 0.6 is 0 Å². The first-order valence-electron chi connectivity index (χ1n) is 10.7. The van der Waals surface area contributed by atoms with Gasteiger partial charge < -0.3 is 16.0 Å². The van der Waals surface area contributed by atoms with Gasteiger partial charge in [-0.1, -0.05) is 6.92 Å². The Kier molecular flexibility index (Phi) is 4.60. The molecule has 3 heterocycles. The number of amides is 1. The first kappa shape index (κ1) is 21.5. The molecule has 1 fully saturated rings. The standard InChI is InChI=1S/C22H24F3N7O/c1-11(13-6-14(22(23,24)25)8-15(26)7-13)27-18-16-9-31(19(33)21(3)4-5-21)10-17(16)32-12(2)29-30-20(32)28-18/h6-8,11H,4-5,9-10,26H2,1-3H3,(H,27,28,30). The summed E-state index contributed by atoms with van der Waals surface area (Å²) >= 11 is 0. The zero-order chi connectivity index (χ0) is 23.7. The SMILES string of the molecule is Cc1nnc2nc(NC(C)c3cc(N)cc(C(F)(F)F)c3)c3c(n12)CN(C(=O)C1(C)CC1)C3. The number of aromatic nitrogens is 4. The molecule has 1 unspecified atom stereocenters. The number of hydrogen-bond donors (Lipinski definition) is 2. The second-order valence-electron chi connectivity index (χ2n) is 9.24. The maximum atomic E-state index is 13.3. The third-order valence-electron chi connectivity index (χ3n) is 6.58. The molecule has 11 heteroatoms. The summed E-state index contributed by atoms with van der Waals surface area (Å²) in [5.74, 6) is 1.61. The number of aryl methyl sites for hydroxylation is 1. The molecule has 174 valence electrons. The van der Waals surface area contributed by atoms with Crippen molar-refractivity contribution in [3.05, 3.63) is 46.4 Å². The van der Waals surface area contributed by atoms with Crippen LogP contribution in [0.3, 0.4) is 0 Å². The van der Waals surface area contributed by atoms with Gasteiger partial charge in [0.1, 0.15) is 11.6 Å². The number of alkyl halides is 3. The molecular formula is C22H24F3N7O. The van der Waals surface area contributed by atoms with Crippen LogP contribution in [0.15, 0.2) is 18.2 Å². The van der Waals surface area contributed by atoms with Crippen molar-refractivity contribution in [2.45, 2.75) is 58.9 Å². The fourth-order valence-electron chi connectivity index (χ4n) is 4.36. The molecule has 5 rings (SSSR count). The van der Waals surface area contributed by atoms with E-state index in [0.717, 1.165) is 36.2 Å². The van der Waals surface area contributed by atoms with Gasteiger partial charge in [0.15, 0.2) is 0 Å². The molecule has 0 saturated heterocycles. The number of nitrogens with two attached hydrogens (primary N) is 1. The number of nitrogens with one attached hydrogen (secondary N) is 1. The molecule has 1 amide bonds. The van der Waals surface area contributed by atoms with E-state index in [9.17, 15) is 18.0 Å². The van der Waals surface area contributed by atoms with E-state index in [0.29, 0.717) is 36.1 Å². The fourth-order valence-corrected chi connectivity index (χ4v) is 4.36.